The number of nitrogens with zero attached hydrogens (tertiary/aromatic N) is 2. The van der Waals surface area contributed by atoms with Crippen molar-refractivity contribution in [3.05, 3.63) is 53.1 Å². The molecule has 1 aliphatic heterocycles. The third-order valence-electron chi connectivity index (χ3n) is 5.49. The van der Waals surface area contributed by atoms with Crippen molar-refractivity contribution >= 4 is 27.3 Å². The standard InChI is InChI=1S/C22H29ClN2O3S/c1-4-17(3)21-16-20(10-11-22(21)28-5-2)29(26,27)25-14-12-24(13-15-25)19-8-6-18(23)7-9-19/h6-11,16-17H,4-5,12-15H2,1-3H3/t17-/m1/s1. The van der Waals surface area contributed by atoms with E-state index in [0.717, 1.165) is 23.4 Å². The summed E-state index contributed by atoms with van der Waals surface area (Å²) in [5, 5.41) is 0.697. The number of hydrogen-bond acceptors (Lipinski definition) is 4. The van der Waals surface area contributed by atoms with Crippen molar-refractivity contribution in [1.82, 2.24) is 4.31 Å². The van der Waals surface area contributed by atoms with E-state index in [4.69, 9.17) is 16.3 Å². The third kappa shape index (κ3) is 4.87. The minimum atomic E-state index is -3.54. The van der Waals surface area contributed by atoms with Gasteiger partial charge in [0.05, 0.1) is 11.5 Å². The highest BCUT2D eigenvalue weighted by molar-refractivity contribution is 7.89. The lowest BCUT2D eigenvalue weighted by Gasteiger charge is -2.35. The minimum Gasteiger partial charge on any atom is -0.494 e. The predicted octanol–water partition coefficient (Wildman–Crippen LogP) is 4.76. The molecule has 0 bridgehead atoms. The molecule has 2 aromatic rings. The van der Waals surface area contributed by atoms with Crippen LogP contribution in [-0.2, 0) is 10.0 Å². The number of halogens is 1. The highest BCUT2D eigenvalue weighted by atomic mass is 35.5. The van der Waals surface area contributed by atoms with E-state index in [1.165, 1.54) is 0 Å². The molecule has 3 rings (SSSR count). The van der Waals surface area contributed by atoms with E-state index in [0.29, 0.717) is 42.7 Å². The van der Waals surface area contributed by atoms with Gasteiger partial charge >= 0.3 is 0 Å². The van der Waals surface area contributed by atoms with Gasteiger partial charge in [0.15, 0.2) is 0 Å². The van der Waals surface area contributed by atoms with Crippen LogP contribution >= 0.6 is 11.6 Å². The zero-order valence-electron chi connectivity index (χ0n) is 17.3. The van der Waals surface area contributed by atoms with Crippen LogP contribution < -0.4 is 9.64 Å². The Balaban J connectivity index is 1.78. The van der Waals surface area contributed by atoms with Crippen LogP contribution in [0.2, 0.25) is 5.02 Å². The number of rotatable bonds is 7. The first-order chi connectivity index (χ1) is 13.9. The summed E-state index contributed by atoms with van der Waals surface area (Å²) in [5.74, 6) is 1.00. The van der Waals surface area contributed by atoms with E-state index in [1.807, 2.05) is 31.2 Å². The van der Waals surface area contributed by atoms with Crippen molar-refractivity contribution < 1.29 is 13.2 Å². The SMILES string of the molecule is CCOc1ccc(S(=O)(=O)N2CCN(c3ccc(Cl)cc3)CC2)cc1[C@H](C)CC. The van der Waals surface area contributed by atoms with E-state index < -0.39 is 10.0 Å². The smallest absolute Gasteiger partial charge is 0.243 e. The van der Waals surface area contributed by atoms with Crippen LogP contribution in [0.25, 0.3) is 0 Å². The van der Waals surface area contributed by atoms with E-state index in [1.54, 1.807) is 22.5 Å². The van der Waals surface area contributed by atoms with E-state index in [-0.39, 0.29) is 5.92 Å². The van der Waals surface area contributed by atoms with Crippen molar-refractivity contribution in [1.29, 1.82) is 0 Å². The van der Waals surface area contributed by atoms with Crippen molar-refractivity contribution in [2.75, 3.05) is 37.7 Å². The van der Waals surface area contributed by atoms with Gasteiger partial charge in [-0.2, -0.15) is 4.31 Å². The van der Waals surface area contributed by atoms with Crippen molar-refractivity contribution in [3.8, 4) is 5.75 Å². The molecule has 7 heteroatoms. The van der Waals surface area contributed by atoms with Gasteiger partial charge in [0, 0.05) is 36.9 Å². The van der Waals surface area contributed by atoms with Gasteiger partial charge in [0.2, 0.25) is 10.0 Å². The van der Waals surface area contributed by atoms with Crippen molar-refractivity contribution in [2.24, 2.45) is 0 Å². The zero-order valence-corrected chi connectivity index (χ0v) is 18.8. The first-order valence-corrected chi connectivity index (χ1v) is 12.0. The molecule has 1 heterocycles. The lowest BCUT2D eigenvalue weighted by molar-refractivity contribution is 0.334. The molecule has 0 unspecified atom stereocenters. The number of sulfonamides is 1. The van der Waals surface area contributed by atoms with E-state index in [9.17, 15) is 8.42 Å². The van der Waals surface area contributed by atoms with Gasteiger partial charge in [0.25, 0.3) is 0 Å². The number of piperazine rings is 1. The van der Waals surface area contributed by atoms with Gasteiger partial charge in [0.1, 0.15) is 5.75 Å². The molecule has 1 aliphatic rings. The van der Waals surface area contributed by atoms with Crippen LogP contribution in [0.5, 0.6) is 5.75 Å². The summed E-state index contributed by atoms with van der Waals surface area (Å²) in [6, 6.07) is 12.9. The Kier molecular flexibility index (Phi) is 7.09. The first kappa shape index (κ1) is 21.9. The lowest BCUT2D eigenvalue weighted by atomic mass is 9.98. The van der Waals surface area contributed by atoms with Crippen LogP contribution in [0, 0.1) is 0 Å². The molecule has 0 aliphatic carbocycles. The summed E-state index contributed by atoms with van der Waals surface area (Å²) >= 11 is 5.96. The number of hydrogen-bond donors (Lipinski definition) is 0. The second-order valence-electron chi connectivity index (χ2n) is 7.31. The molecule has 0 aromatic heterocycles. The van der Waals surface area contributed by atoms with Crippen LogP contribution in [0.15, 0.2) is 47.4 Å². The Hall–Kier alpha value is -1.76. The van der Waals surface area contributed by atoms with Crippen LogP contribution in [-0.4, -0.2) is 45.5 Å². The number of anilines is 1. The second kappa shape index (κ2) is 9.37. The molecular formula is C22H29ClN2O3S. The molecule has 1 atom stereocenters. The molecule has 29 heavy (non-hydrogen) atoms. The van der Waals surface area contributed by atoms with Gasteiger partial charge in [-0.3, -0.25) is 0 Å². The highest BCUT2D eigenvalue weighted by Gasteiger charge is 2.29. The van der Waals surface area contributed by atoms with Gasteiger partial charge in [-0.05, 0) is 67.3 Å². The van der Waals surface area contributed by atoms with Crippen molar-refractivity contribution in [3.63, 3.8) is 0 Å². The van der Waals surface area contributed by atoms with Gasteiger partial charge in [-0.15, -0.1) is 0 Å². The maximum Gasteiger partial charge on any atom is 0.243 e. The first-order valence-electron chi connectivity index (χ1n) is 10.1. The highest BCUT2D eigenvalue weighted by Crippen LogP contribution is 2.32. The third-order valence-corrected chi connectivity index (χ3v) is 7.64. The average Bonchev–Trinajstić information content (AvgIpc) is 2.74. The molecule has 1 saturated heterocycles. The maximum absolute atomic E-state index is 13.3. The Morgan fingerprint density at radius 1 is 1.03 bits per heavy atom. The minimum absolute atomic E-state index is 0.230. The largest absolute Gasteiger partial charge is 0.494 e. The maximum atomic E-state index is 13.3. The summed E-state index contributed by atoms with van der Waals surface area (Å²) in [7, 11) is -3.54. The molecule has 2 aromatic carbocycles. The fourth-order valence-electron chi connectivity index (χ4n) is 3.57. The zero-order chi connectivity index (χ0) is 21.0. The predicted molar refractivity (Wildman–Crippen MR) is 119 cm³/mol. The molecule has 0 N–H and O–H groups in total. The fourth-order valence-corrected chi connectivity index (χ4v) is 5.15. The molecule has 5 nitrogen and oxygen atoms in total. The molecule has 158 valence electrons. The van der Waals surface area contributed by atoms with Crippen LogP contribution in [0.1, 0.15) is 38.7 Å². The Labute approximate surface area is 179 Å². The molecule has 0 radical (unpaired) electrons. The monoisotopic (exact) mass is 436 g/mol. The van der Waals surface area contributed by atoms with Crippen LogP contribution in [0.4, 0.5) is 5.69 Å². The van der Waals surface area contributed by atoms with Gasteiger partial charge in [-0.1, -0.05) is 25.4 Å². The molecular weight excluding hydrogens is 408 g/mol. The van der Waals surface area contributed by atoms with Crippen LogP contribution in [0.3, 0.4) is 0 Å². The Bertz CT molecular complexity index is 924. The Morgan fingerprint density at radius 2 is 1.69 bits per heavy atom. The topological polar surface area (TPSA) is 49.9 Å². The second-order valence-corrected chi connectivity index (χ2v) is 9.68. The quantitative estimate of drug-likeness (QED) is 0.627. The molecule has 0 spiro atoms. The molecule has 1 fully saturated rings. The Morgan fingerprint density at radius 3 is 2.28 bits per heavy atom. The fraction of sp³-hybridized carbons (Fsp3) is 0.455. The summed E-state index contributed by atoms with van der Waals surface area (Å²) in [4.78, 5) is 2.53. The summed E-state index contributed by atoms with van der Waals surface area (Å²) in [5.41, 5.74) is 2.02. The summed E-state index contributed by atoms with van der Waals surface area (Å²) in [6.07, 6.45) is 0.920. The van der Waals surface area contributed by atoms with Gasteiger partial charge in [-0.25, -0.2) is 8.42 Å². The van der Waals surface area contributed by atoms with E-state index >= 15 is 0 Å². The average molecular weight is 437 g/mol. The molecule has 0 saturated carbocycles. The van der Waals surface area contributed by atoms with Crippen molar-refractivity contribution in [2.45, 2.75) is 38.0 Å². The van der Waals surface area contributed by atoms with Gasteiger partial charge < -0.3 is 9.64 Å². The lowest BCUT2D eigenvalue weighted by Crippen LogP contribution is -2.48. The number of benzene rings is 2. The number of ether oxygens (including phenoxy) is 1. The summed E-state index contributed by atoms with van der Waals surface area (Å²) < 4.78 is 33.8. The molecule has 0 amide bonds. The normalized spacial score (nSPS) is 16.6. The van der Waals surface area contributed by atoms with E-state index in [2.05, 4.69) is 18.7 Å². The summed E-state index contributed by atoms with van der Waals surface area (Å²) in [6.45, 7) is 8.89.